The van der Waals surface area contributed by atoms with Gasteiger partial charge in [0.1, 0.15) is 11.5 Å². The van der Waals surface area contributed by atoms with E-state index >= 15 is 0 Å². The third-order valence-electron chi connectivity index (χ3n) is 3.61. The topological polar surface area (TPSA) is 22.3 Å². The van der Waals surface area contributed by atoms with Crippen molar-refractivity contribution in [3.8, 4) is 11.5 Å². The van der Waals surface area contributed by atoms with Gasteiger partial charge < -0.3 is 9.47 Å². The predicted molar refractivity (Wildman–Crippen MR) is 82.8 cm³/mol. The second-order valence-electron chi connectivity index (χ2n) is 4.88. The van der Waals surface area contributed by atoms with E-state index in [2.05, 4.69) is 35.0 Å². The Morgan fingerprint density at radius 1 is 0.857 bits per heavy atom. The molecule has 0 saturated carbocycles. The number of fused-ring (bicyclic) bond motifs is 1. The molecule has 106 valence electrons. The number of nitrogens with zero attached hydrogens (tertiary/aromatic N) is 1. The number of rotatable bonds is 4. The van der Waals surface area contributed by atoms with Crippen LogP contribution in [0.25, 0.3) is 10.9 Å². The first-order valence-electron chi connectivity index (χ1n) is 6.90. The summed E-state index contributed by atoms with van der Waals surface area (Å²) in [5, 5.41) is 1.12. The molecule has 0 amide bonds. The van der Waals surface area contributed by atoms with Crippen molar-refractivity contribution in [2.45, 2.75) is 6.54 Å². The summed E-state index contributed by atoms with van der Waals surface area (Å²) in [5.74, 6) is 1.78. The highest BCUT2D eigenvalue weighted by Crippen LogP contribution is 2.22. The molecular weight excluding hydrogens is 262 g/mol. The minimum absolute atomic E-state index is 0.814. The van der Waals surface area contributed by atoms with E-state index in [9.17, 15) is 0 Å². The van der Waals surface area contributed by atoms with Crippen LogP contribution in [0, 0.1) is 0 Å². The Morgan fingerprint density at radius 3 is 2.38 bits per heavy atom. The van der Waals surface area contributed by atoms with E-state index in [4.69, 9.17) is 9.47 Å². The second-order valence-corrected chi connectivity index (χ2v) is 4.88. The Hall–Kier alpha value is -2.55. The fourth-order valence-corrected chi connectivity index (χ4v) is 2.52. The monoisotopic (exact) mass is 280 g/mol. The van der Waals surface area contributed by atoms with Crippen LogP contribution in [0.2, 0.25) is 0 Å². The zero-order valence-electron chi connectivity index (χ0n) is 12.2. The van der Waals surface area contributed by atoms with Crippen molar-refractivity contribution < 1.29 is 14.0 Å². The third kappa shape index (κ3) is 2.68. The molecule has 1 aromatic heterocycles. The Morgan fingerprint density at radius 2 is 1.67 bits per heavy atom. The number of methoxy groups -OCH3 is 2. The van der Waals surface area contributed by atoms with Crippen molar-refractivity contribution in [2.24, 2.45) is 0 Å². The zero-order valence-corrected chi connectivity index (χ0v) is 12.2. The largest absolute Gasteiger partial charge is 0.497 e. The number of pyridine rings is 1. The lowest BCUT2D eigenvalue weighted by molar-refractivity contribution is -0.662. The van der Waals surface area contributed by atoms with Gasteiger partial charge in [-0.2, -0.15) is 4.57 Å². The van der Waals surface area contributed by atoms with Gasteiger partial charge in [-0.25, -0.2) is 0 Å². The van der Waals surface area contributed by atoms with Gasteiger partial charge in [-0.3, -0.25) is 0 Å². The zero-order chi connectivity index (χ0) is 14.7. The molecule has 0 radical (unpaired) electrons. The van der Waals surface area contributed by atoms with Crippen molar-refractivity contribution in [2.75, 3.05) is 14.2 Å². The number of hydrogen-bond acceptors (Lipinski definition) is 2. The van der Waals surface area contributed by atoms with E-state index in [1.54, 1.807) is 14.2 Å². The van der Waals surface area contributed by atoms with Crippen LogP contribution in [0.5, 0.6) is 11.5 Å². The van der Waals surface area contributed by atoms with Crippen molar-refractivity contribution in [1.29, 1.82) is 0 Å². The molecule has 21 heavy (non-hydrogen) atoms. The van der Waals surface area contributed by atoms with Crippen LogP contribution in [0.1, 0.15) is 5.56 Å². The fraction of sp³-hybridized carbons (Fsp3) is 0.167. The van der Waals surface area contributed by atoms with Gasteiger partial charge in [0.25, 0.3) is 0 Å². The summed E-state index contributed by atoms with van der Waals surface area (Å²) in [5.41, 5.74) is 2.39. The summed E-state index contributed by atoms with van der Waals surface area (Å²) >= 11 is 0. The highest BCUT2D eigenvalue weighted by molar-refractivity contribution is 5.82. The van der Waals surface area contributed by atoms with Gasteiger partial charge in [-0.05, 0) is 36.4 Å². The maximum Gasteiger partial charge on any atom is 0.216 e. The van der Waals surface area contributed by atoms with Crippen LogP contribution in [0.3, 0.4) is 0 Å². The van der Waals surface area contributed by atoms with Crippen molar-refractivity contribution in [3.05, 3.63) is 66.4 Å². The van der Waals surface area contributed by atoms with Gasteiger partial charge in [0.05, 0.1) is 19.6 Å². The molecule has 0 fully saturated rings. The fourth-order valence-electron chi connectivity index (χ4n) is 2.52. The lowest BCUT2D eigenvalue weighted by atomic mass is 10.1. The highest BCUT2D eigenvalue weighted by atomic mass is 16.5. The van der Waals surface area contributed by atoms with Crippen molar-refractivity contribution >= 4 is 10.9 Å². The van der Waals surface area contributed by atoms with Crippen LogP contribution in [-0.2, 0) is 6.54 Å². The van der Waals surface area contributed by atoms with Gasteiger partial charge in [0.2, 0.25) is 5.52 Å². The Labute approximate surface area is 124 Å². The molecule has 0 N–H and O–H groups in total. The summed E-state index contributed by atoms with van der Waals surface area (Å²) in [7, 11) is 3.39. The van der Waals surface area contributed by atoms with Crippen LogP contribution < -0.4 is 14.0 Å². The lowest BCUT2D eigenvalue weighted by Crippen LogP contribution is -2.34. The molecule has 0 atom stereocenters. The molecule has 3 heteroatoms. The molecule has 0 aliphatic carbocycles. The van der Waals surface area contributed by atoms with E-state index in [1.807, 2.05) is 30.3 Å². The summed E-state index contributed by atoms with van der Waals surface area (Å²) in [4.78, 5) is 0. The molecule has 3 nitrogen and oxygen atoms in total. The average Bonchev–Trinajstić information content (AvgIpc) is 2.55. The van der Waals surface area contributed by atoms with Gasteiger partial charge in [-0.1, -0.05) is 6.07 Å². The first-order valence-corrected chi connectivity index (χ1v) is 6.90. The molecule has 3 rings (SSSR count). The Balaban J connectivity index is 2.00. The van der Waals surface area contributed by atoms with E-state index in [0.717, 1.165) is 28.9 Å². The summed E-state index contributed by atoms with van der Waals surface area (Å²) in [6.45, 7) is 0.814. The quantitative estimate of drug-likeness (QED) is 0.685. The third-order valence-corrected chi connectivity index (χ3v) is 3.61. The molecule has 0 bridgehead atoms. The van der Waals surface area contributed by atoms with Crippen LogP contribution in [-0.4, -0.2) is 14.2 Å². The SMILES string of the molecule is COc1ccc(C[n+]2cccc3c(OC)cccc32)cc1. The molecule has 1 heterocycles. The lowest BCUT2D eigenvalue weighted by Gasteiger charge is -2.06. The van der Waals surface area contributed by atoms with Crippen LogP contribution >= 0.6 is 0 Å². The van der Waals surface area contributed by atoms with E-state index in [-0.39, 0.29) is 0 Å². The molecule has 2 aromatic carbocycles. The maximum absolute atomic E-state index is 5.43. The number of hydrogen-bond donors (Lipinski definition) is 0. The van der Waals surface area contributed by atoms with Crippen LogP contribution in [0.15, 0.2) is 60.8 Å². The van der Waals surface area contributed by atoms with Gasteiger partial charge >= 0.3 is 0 Å². The smallest absolute Gasteiger partial charge is 0.216 e. The van der Waals surface area contributed by atoms with Crippen molar-refractivity contribution in [1.82, 2.24) is 0 Å². The molecule has 0 aliphatic heterocycles. The van der Waals surface area contributed by atoms with E-state index in [0.29, 0.717) is 0 Å². The molecule has 0 aliphatic rings. The van der Waals surface area contributed by atoms with E-state index < -0.39 is 0 Å². The van der Waals surface area contributed by atoms with Crippen LogP contribution in [0.4, 0.5) is 0 Å². The molecule has 3 aromatic rings. The van der Waals surface area contributed by atoms with Crippen molar-refractivity contribution in [3.63, 3.8) is 0 Å². The Bertz CT molecular complexity index is 751. The minimum Gasteiger partial charge on any atom is -0.497 e. The number of ether oxygens (including phenoxy) is 2. The predicted octanol–water partition coefficient (Wildman–Crippen LogP) is 3.19. The maximum atomic E-state index is 5.43. The normalized spacial score (nSPS) is 10.6. The van der Waals surface area contributed by atoms with Gasteiger partial charge in [-0.15, -0.1) is 0 Å². The summed E-state index contributed by atoms with van der Waals surface area (Å²) in [6.07, 6.45) is 2.09. The Kier molecular flexibility index (Phi) is 3.73. The van der Waals surface area contributed by atoms with E-state index in [1.165, 1.54) is 5.56 Å². The first-order chi connectivity index (χ1) is 10.3. The summed E-state index contributed by atoms with van der Waals surface area (Å²) in [6, 6.07) is 18.4. The second kappa shape index (κ2) is 5.83. The number of aromatic nitrogens is 1. The number of benzene rings is 2. The summed E-state index contributed by atoms with van der Waals surface area (Å²) < 4.78 is 12.9. The molecule has 0 saturated heterocycles. The van der Waals surface area contributed by atoms with Gasteiger partial charge in [0.15, 0.2) is 12.7 Å². The molecule has 0 spiro atoms. The molecule has 0 unspecified atom stereocenters. The standard InChI is InChI=1S/C18H18NO2/c1-20-15-10-8-14(9-11-15)13-19-12-4-5-16-17(19)6-3-7-18(16)21-2/h3-12H,13H2,1-2H3/q+1. The molecular formula is C18H18NO2+. The van der Waals surface area contributed by atoms with Gasteiger partial charge in [0, 0.05) is 17.7 Å². The minimum atomic E-state index is 0.814. The average molecular weight is 280 g/mol. The first kappa shape index (κ1) is 13.4. The highest BCUT2D eigenvalue weighted by Gasteiger charge is 2.12.